The molecule has 3 nitrogen and oxygen atoms in total. The van der Waals surface area contributed by atoms with Crippen LogP contribution in [0.15, 0.2) is 22.7 Å². The van der Waals surface area contributed by atoms with Crippen molar-refractivity contribution in [1.82, 2.24) is 5.32 Å². The van der Waals surface area contributed by atoms with E-state index in [-0.39, 0.29) is 0 Å². The molecule has 0 bridgehead atoms. The number of hydrogen-bond donors (Lipinski definition) is 1. The van der Waals surface area contributed by atoms with Crippen LogP contribution in [0.3, 0.4) is 0 Å². The Balaban J connectivity index is 2.01. The van der Waals surface area contributed by atoms with E-state index in [0.29, 0.717) is 5.92 Å². The molecule has 1 fully saturated rings. The molecule has 1 N–H and O–H groups in total. The third-order valence-electron chi connectivity index (χ3n) is 2.78. The molecule has 1 atom stereocenters. The summed E-state index contributed by atoms with van der Waals surface area (Å²) in [4.78, 5) is 0. The van der Waals surface area contributed by atoms with Crippen LogP contribution in [0.25, 0.3) is 0 Å². The van der Waals surface area contributed by atoms with Crippen LogP contribution in [0.1, 0.15) is 6.42 Å². The van der Waals surface area contributed by atoms with Crippen molar-refractivity contribution in [1.29, 1.82) is 0 Å². The Hall–Kier alpha value is -0.740. The standard InChI is InChI=1S/C12H16BrNO2/c1-15-11-4-2-3-10(13)12(11)16-8-9-5-6-14-7-9/h2-4,9,14H,5-8H2,1H3. The molecule has 0 saturated carbocycles. The second-order valence-electron chi connectivity index (χ2n) is 3.94. The van der Waals surface area contributed by atoms with Gasteiger partial charge in [0.1, 0.15) is 0 Å². The maximum Gasteiger partial charge on any atom is 0.175 e. The van der Waals surface area contributed by atoms with Crippen LogP contribution in [0, 0.1) is 5.92 Å². The summed E-state index contributed by atoms with van der Waals surface area (Å²) < 4.78 is 12.0. The fourth-order valence-corrected chi connectivity index (χ4v) is 2.31. The number of halogens is 1. The lowest BCUT2D eigenvalue weighted by Crippen LogP contribution is -2.15. The van der Waals surface area contributed by atoms with E-state index < -0.39 is 0 Å². The van der Waals surface area contributed by atoms with Crippen molar-refractivity contribution >= 4 is 15.9 Å². The van der Waals surface area contributed by atoms with Gasteiger partial charge in [0, 0.05) is 12.5 Å². The molecule has 0 spiro atoms. The van der Waals surface area contributed by atoms with Crippen LogP contribution in [-0.4, -0.2) is 26.8 Å². The van der Waals surface area contributed by atoms with Gasteiger partial charge in [0.25, 0.3) is 0 Å². The smallest absolute Gasteiger partial charge is 0.175 e. The highest BCUT2D eigenvalue weighted by molar-refractivity contribution is 9.10. The molecule has 4 heteroatoms. The minimum atomic E-state index is 0.608. The van der Waals surface area contributed by atoms with Crippen molar-refractivity contribution in [2.45, 2.75) is 6.42 Å². The molecule has 1 aromatic carbocycles. The normalized spacial score (nSPS) is 19.8. The van der Waals surface area contributed by atoms with Crippen molar-refractivity contribution in [2.24, 2.45) is 5.92 Å². The summed E-state index contributed by atoms with van der Waals surface area (Å²) in [6.07, 6.45) is 1.19. The third kappa shape index (κ3) is 2.68. The Morgan fingerprint density at radius 3 is 3.06 bits per heavy atom. The first-order valence-electron chi connectivity index (χ1n) is 5.47. The van der Waals surface area contributed by atoms with Crippen molar-refractivity contribution in [2.75, 3.05) is 26.8 Å². The lowest BCUT2D eigenvalue weighted by Gasteiger charge is -2.14. The Labute approximate surface area is 104 Å². The Morgan fingerprint density at radius 2 is 2.38 bits per heavy atom. The first-order valence-corrected chi connectivity index (χ1v) is 6.26. The summed E-state index contributed by atoms with van der Waals surface area (Å²) in [7, 11) is 1.66. The SMILES string of the molecule is COc1cccc(Br)c1OCC1CCNC1. The van der Waals surface area contributed by atoms with Crippen molar-refractivity contribution in [3.05, 3.63) is 22.7 Å². The average molecular weight is 286 g/mol. The van der Waals surface area contributed by atoms with Crippen molar-refractivity contribution in [3.8, 4) is 11.5 Å². The van der Waals surface area contributed by atoms with Gasteiger partial charge in [0.15, 0.2) is 11.5 Å². The molecule has 88 valence electrons. The monoisotopic (exact) mass is 285 g/mol. The van der Waals surface area contributed by atoms with Gasteiger partial charge in [-0.25, -0.2) is 0 Å². The molecule has 1 aliphatic heterocycles. The molecule has 0 aliphatic carbocycles. The van der Waals surface area contributed by atoms with Gasteiger partial charge in [-0.15, -0.1) is 0 Å². The van der Waals surface area contributed by atoms with Gasteiger partial charge in [0.2, 0.25) is 0 Å². The van der Waals surface area contributed by atoms with E-state index in [1.165, 1.54) is 6.42 Å². The first kappa shape index (κ1) is 11.7. The lowest BCUT2D eigenvalue weighted by atomic mass is 10.1. The number of hydrogen-bond acceptors (Lipinski definition) is 3. The molecule has 0 radical (unpaired) electrons. The maximum atomic E-state index is 5.83. The lowest BCUT2D eigenvalue weighted by molar-refractivity contribution is 0.246. The summed E-state index contributed by atoms with van der Waals surface area (Å²) in [5.41, 5.74) is 0. The number of ether oxygens (including phenoxy) is 2. The van der Waals surface area contributed by atoms with E-state index in [4.69, 9.17) is 9.47 Å². The van der Waals surface area contributed by atoms with Gasteiger partial charge in [-0.1, -0.05) is 6.07 Å². The minimum Gasteiger partial charge on any atom is -0.493 e. The number of nitrogens with one attached hydrogen (secondary N) is 1. The van der Waals surface area contributed by atoms with Gasteiger partial charge in [-0.3, -0.25) is 0 Å². The zero-order chi connectivity index (χ0) is 11.4. The molecular formula is C12H16BrNO2. The maximum absolute atomic E-state index is 5.83. The van der Waals surface area contributed by atoms with Gasteiger partial charge < -0.3 is 14.8 Å². The Kier molecular flexibility index (Phi) is 4.07. The topological polar surface area (TPSA) is 30.5 Å². The molecule has 16 heavy (non-hydrogen) atoms. The van der Waals surface area contributed by atoms with Crippen LogP contribution in [0.2, 0.25) is 0 Å². The minimum absolute atomic E-state index is 0.608. The second-order valence-corrected chi connectivity index (χ2v) is 4.80. The molecule has 1 aliphatic rings. The van der Waals surface area contributed by atoms with E-state index in [2.05, 4.69) is 21.2 Å². The van der Waals surface area contributed by atoms with E-state index in [1.54, 1.807) is 7.11 Å². The predicted molar refractivity (Wildman–Crippen MR) is 67.2 cm³/mol. The molecule has 1 aromatic rings. The fourth-order valence-electron chi connectivity index (χ4n) is 1.85. The molecule has 1 unspecified atom stereocenters. The molecule has 1 saturated heterocycles. The van der Waals surface area contributed by atoms with Crippen LogP contribution in [0.5, 0.6) is 11.5 Å². The quantitative estimate of drug-likeness (QED) is 0.922. The summed E-state index contributed by atoms with van der Waals surface area (Å²) in [5, 5.41) is 3.33. The highest BCUT2D eigenvalue weighted by Crippen LogP contribution is 2.35. The second kappa shape index (κ2) is 5.55. The van der Waals surface area contributed by atoms with E-state index in [0.717, 1.165) is 35.7 Å². The van der Waals surface area contributed by atoms with Gasteiger partial charge >= 0.3 is 0 Å². The van der Waals surface area contributed by atoms with E-state index >= 15 is 0 Å². The number of methoxy groups -OCH3 is 1. The highest BCUT2D eigenvalue weighted by Gasteiger charge is 2.17. The number of para-hydroxylation sites is 1. The summed E-state index contributed by atoms with van der Waals surface area (Å²) in [6, 6.07) is 5.81. The number of rotatable bonds is 4. The van der Waals surface area contributed by atoms with E-state index in [1.807, 2.05) is 18.2 Å². The first-order chi connectivity index (χ1) is 7.81. The highest BCUT2D eigenvalue weighted by atomic mass is 79.9. The fraction of sp³-hybridized carbons (Fsp3) is 0.500. The van der Waals surface area contributed by atoms with Gasteiger partial charge in [0.05, 0.1) is 18.2 Å². The summed E-state index contributed by atoms with van der Waals surface area (Å²) in [5.74, 6) is 2.19. The molecular weight excluding hydrogens is 270 g/mol. The van der Waals surface area contributed by atoms with Crippen molar-refractivity contribution in [3.63, 3.8) is 0 Å². The molecule has 1 heterocycles. The van der Waals surface area contributed by atoms with Gasteiger partial charge in [-0.2, -0.15) is 0 Å². The summed E-state index contributed by atoms with van der Waals surface area (Å²) in [6.45, 7) is 2.89. The Bertz CT molecular complexity index is 351. The number of benzene rings is 1. The average Bonchev–Trinajstić information content (AvgIpc) is 2.80. The summed E-state index contributed by atoms with van der Waals surface area (Å²) >= 11 is 3.48. The van der Waals surface area contributed by atoms with E-state index in [9.17, 15) is 0 Å². The molecule has 0 amide bonds. The van der Waals surface area contributed by atoms with Crippen LogP contribution in [0.4, 0.5) is 0 Å². The zero-order valence-corrected chi connectivity index (χ0v) is 10.9. The largest absolute Gasteiger partial charge is 0.493 e. The van der Waals surface area contributed by atoms with Crippen LogP contribution >= 0.6 is 15.9 Å². The van der Waals surface area contributed by atoms with Crippen molar-refractivity contribution < 1.29 is 9.47 Å². The Morgan fingerprint density at radius 1 is 1.50 bits per heavy atom. The molecule has 0 aromatic heterocycles. The van der Waals surface area contributed by atoms with Crippen LogP contribution < -0.4 is 14.8 Å². The van der Waals surface area contributed by atoms with Crippen LogP contribution in [-0.2, 0) is 0 Å². The molecule has 2 rings (SSSR count). The van der Waals surface area contributed by atoms with Gasteiger partial charge in [-0.05, 0) is 41.0 Å². The third-order valence-corrected chi connectivity index (χ3v) is 3.40. The zero-order valence-electron chi connectivity index (χ0n) is 9.33. The predicted octanol–water partition coefficient (Wildman–Crippen LogP) is 2.45.